The summed E-state index contributed by atoms with van der Waals surface area (Å²) < 4.78 is 7.43. The van der Waals surface area contributed by atoms with E-state index in [1.165, 1.54) is 5.56 Å². The van der Waals surface area contributed by atoms with Crippen molar-refractivity contribution in [2.45, 2.75) is 13.1 Å². The topological polar surface area (TPSA) is 59.4 Å². The van der Waals surface area contributed by atoms with Crippen LogP contribution < -0.4 is 5.32 Å². The Balaban J connectivity index is 1.18. The molecule has 0 unspecified atom stereocenters. The number of benzene rings is 3. The van der Waals surface area contributed by atoms with Gasteiger partial charge in [-0.1, -0.05) is 36.4 Å². The number of para-hydroxylation sites is 2. The fourth-order valence-corrected chi connectivity index (χ4v) is 4.00. The van der Waals surface area contributed by atoms with Gasteiger partial charge in [0, 0.05) is 37.4 Å². The number of nitrogens with zero attached hydrogens (tertiary/aromatic N) is 3. The molecular weight excluding hydrogens is 400 g/mol. The Kier molecular flexibility index (Phi) is 5.96. The number of morpholine rings is 1. The predicted molar refractivity (Wildman–Crippen MR) is 125 cm³/mol. The van der Waals surface area contributed by atoms with Gasteiger partial charge in [0.1, 0.15) is 6.33 Å². The minimum absolute atomic E-state index is 0.0792. The first-order valence-corrected chi connectivity index (χ1v) is 10.9. The highest BCUT2D eigenvalue weighted by atomic mass is 16.5. The number of imidazole rings is 1. The van der Waals surface area contributed by atoms with E-state index in [0.29, 0.717) is 12.1 Å². The summed E-state index contributed by atoms with van der Waals surface area (Å²) in [5.41, 5.74) is 5.98. The summed E-state index contributed by atoms with van der Waals surface area (Å²) in [7, 11) is 0. The summed E-state index contributed by atoms with van der Waals surface area (Å²) in [4.78, 5) is 19.4. The Labute approximate surface area is 187 Å². The monoisotopic (exact) mass is 426 g/mol. The zero-order valence-electron chi connectivity index (χ0n) is 17.9. The van der Waals surface area contributed by atoms with Gasteiger partial charge in [0.2, 0.25) is 0 Å². The van der Waals surface area contributed by atoms with Crippen LogP contribution in [0.15, 0.2) is 79.1 Å². The minimum atomic E-state index is -0.0792. The average Bonchev–Trinajstić information content (AvgIpc) is 3.28. The molecule has 1 aromatic heterocycles. The molecule has 0 spiro atoms. The van der Waals surface area contributed by atoms with Crippen LogP contribution in [0.3, 0.4) is 0 Å². The first-order chi connectivity index (χ1) is 15.8. The van der Waals surface area contributed by atoms with E-state index in [0.717, 1.165) is 55.1 Å². The third kappa shape index (κ3) is 4.56. The van der Waals surface area contributed by atoms with E-state index in [-0.39, 0.29) is 5.91 Å². The minimum Gasteiger partial charge on any atom is -0.379 e. The highest BCUT2D eigenvalue weighted by molar-refractivity contribution is 5.94. The molecule has 1 aliphatic rings. The molecule has 3 aromatic carbocycles. The molecule has 0 bridgehead atoms. The van der Waals surface area contributed by atoms with Crippen molar-refractivity contribution in [2.75, 3.05) is 26.3 Å². The fourth-order valence-electron chi connectivity index (χ4n) is 4.00. The van der Waals surface area contributed by atoms with Crippen molar-refractivity contribution >= 4 is 16.9 Å². The number of ether oxygens (including phenoxy) is 1. The maximum Gasteiger partial charge on any atom is 0.251 e. The third-order valence-electron chi connectivity index (χ3n) is 5.85. The standard InChI is InChI=1S/C26H26N4O2/c31-26(27-17-20-5-7-21(8-6-20)18-29-13-15-32-16-14-29)22-9-11-23(12-10-22)30-19-28-24-3-1-2-4-25(24)30/h1-12,19H,13-18H2,(H,27,31). The molecule has 32 heavy (non-hydrogen) atoms. The number of amides is 1. The normalized spacial score (nSPS) is 14.5. The van der Waals surface area contributed by atoms with Gasteiger partial charge in [-0.3, -0.25) is 14.3 Å². The first-order valence-electron chi connectivity index (χ1n) is 10.9. The van der Waals surface area contributed by atoms with Gasteiger partial charge in [0.15, 0.2) is 0 Å². The summed E-state index contributed by atoms with van der Waals surface area (Å²) in [6.45, 7) is 5.02. The Morgan fingerprint density at radius 1 is 0.906 bits per heavy atom. The molecule has 0 aliphatic carbocycles. The van der Waals surface area contributed by atoms with E-state index in [4.69, 9.17) is 4.74 Å². The van der Waals surface area contributed by atoms with Crippen LogP contribution in [0.4, 0.5) is 0 Å². The van der Waals surface area contributed by atoms with Crippen molar-refractivity contribution in [2.24, 2.45) is 0 Å². The second-order valence-electron chi connectivity index (χ2n) is 8.04. The SMILES string of the molecule is O=C(NCc1ccc(CN2CCOCC2)cc1)c1ccc(-n2cnc3ccccc32)cc1. The van der Waals surface area contributed by atoms with Gasteiger partial charge >= 0.3 is 0 Å². The van der Waals surface area contributed by atoms with Gasteiger partial charge in [-0.05, 0) is 47.5 Å². The summed E-state index contributed by atoms with van der Waals surface area (Å²) in [6.07, 6.45) is 1.81. The molecule has 0 atom stereocenters. The van der Waals surface area contributed by atoms with Crippen LogP contribution in [0.1, 0.15) is 21.5 Å². The number of carbonyl (C=O) groups excluding carboxylic acids is 1. The maximum absolute atomic E-state index is 12.6. The van der Waals surface area contributed by atoms with E-state index < -0.39 is 0 Å². The molecule has 0 saturated carbocycles. The Hall–Kier alpha value is -3.48. The van der Waals surface area contributed by atoms with Crippen molar-refractivity contribution in [3.8, 4) is 5.69 Å². The summed E-state index contributed by atoms with van der Waals surface area (Å²) in [6, 6.07) is 24.1. The van der Waals surface area contributed by atoms with Gasteiger partial charge in [-0.25, -0.2) is 4.98 Å². The number of hydrogen-bond donors (Lipinski definition) is 1. The molecule has 0 radical (unpaired) electrons. The Morgan fingerprint density at radius 3 is 2.41 bits per heavy atom. The van der Waals surface area contributed by atoms with Gasteiger partial charge in [-0.2, -0.15) is 0 Å². The smallest absolute Gasteiger partial charge is 0.251 e. The van der Waals surface area contributed by atoms with Crippen molar-refractivity contribution in [3.63, 3.8) is 0 Å². The lowest BCUT2D eigenvalue weighted by molar-refractivity contribution is 0.0342. The quantitative estimate of drug-likeness (QED) is 0.510. The summed E-state index contributed by atoms with van der Waals surface area (Å²) in [5.74, 6) is -0.0792. The lowest BCUT2D eigenvalue weighted by atomic mass is 10.1. The Bertz CT molecular complexity index is 1190. The molecule has 1 saturated heterocycles. The van der Waals surface area contributed by atoms with Crippen LogP contribution in [-0.4, -0.2) is 46.7 Å². The van der Waals surface area contributed by atoms with Crippen molar-refractivity contribution < 1.29 is 9.53 Å². The number of rotatable bonds is 6. The molecule has 6 heteroatoms. The van der Waals surface area contributed by atoms with E-state index in [1.54, 1.807) is 0 Å². The highest BCUT2D eigenvalue weighted by Gasteiger charge is 2.11. The Morgan fingerprint density at radius 2 is 1.62 bits per heavy atom. The van der Waals surface area contributed by atoms with E-state index in [1.807, 2.05) is 59.4 Å². The molecule has 162 valence electrons. The molecule has 1 amide bonds. The van der Waals surface area contributed by atoms with E-state index in [2.05, 4.69) is 39.5 Å². The average molecular weight is 427 g/mol. The van der Waals surface area contributed by atoms with Crippen LogP contribution >= 0.6 is 0 Å². The predicted octanol–water partition coefficient (Wildman–Crippen LogP) is 3.79. The van der Waals surface area contributed by atoms with Gasteiger partial charge in [0.25, 0.3) is 5.91 Å². The lowest BCUT2D eigenvalue weighted by Gasteiger charge is -2.26. The van der Waals surface area contributed by atoms with Crippen molar-refractivity contribution in [1.29, 1.82) is 0 Å². The molecule has 6 nitrogen and oxygen atoms in total. The largest absolute Gasteiger partial charge is 0.379 e. The van der Waals surface area contributed by atoms with Gasteiger partial charge < -0.3 is 10.1 Å². The zero-order chi connectivity index (χ0) is 21.8. The van der Waals surface area contributed by atoms with Crippen molar-refractivity contribution in [1.82, 2.24) is 19.8 Å². The maximum atomic E-state index is 12.6. The second-order valence-corrected chi connectivity index (χ2v) is 8.04. The highest BCUT2D eigenvalue weighted by Crippen LogP contribution is 2.18. The number of fused-ring (bicyclic) bond motifs is 1. The van der Waals surface area contributed by atoms with Crippen LogP contribution in [0.2, 0.25) is 0 Å². The molecule has 4 aromatic rings. The number of hydrogen-bond acceptors (Lipinski definition) is 4. The number of aromatic nitrogens is 2. The number of carbonyl (C=O) groups is 1. The van der Waals surface area contributed by atoms with Gasteiger partial charge in [-0.15, -0.1) is 0 Å². The zero-order valence-corrected chi connectivity index (χ0v) is 17.9. The van der Waals surface area contributed by atoms with Crippen LogP contribution in [-0.2, 0) is 17.8 Å². The molecular formula is C26H26N4O2. The lowest BCUT2D eigenvalue weighted by Crippen LogP contribution is -2.35. The molecule has 1 aliphatic heterocycles. The summed E-state index contributed by atoms with van der Waals surface area (Å²) >= 11 is 0. The van der Waals surface area contributed by atoms with Crippen molar-refractivity contribution in [3.05, 3.63) is 95.8 Å². The summed E-state index contributed by atoms with van der Waals surface area (Å²) in [5, 5.41) is 3.01. The van der Waals surface area contributed by atoms with E-state index >= 15 is 0 Å². The van der Waals surface area contributed by atoms with Crippen LogP contribution in [0, 0.1) is 0 Å². The molecule has 2 heterocycles. The fraction of sp³-hybridized carbons (Fsp3) is 0.231. The van der Waals surface area contributed by atoms with Gasteiger partial charge in [0.05, 0.1) is 24.2 Å². The first kappa shape index (κ1) is 20.4. The molecule has 5 rings (SSSR count). The van der Waals surface area contributed by atoms with Crippen LogP contribution in [0.5, 0.6) is 0 Å². The van der Waals surface area contributed by atoms with E-state index in [9.17, 15) is 4.79 Å². The molecule has 1 N–H and O–H groups in total. The third-order valence-corrected chi connectivity index (χ3v) is 5.85. The van der Waals surface area contributed by atoms with Crippen LogP contribution in [0.25, 0.3) is 16.7 Å². The number of nitrogens with one attached hydrogen (secondary N) is 1. The molecule has 1 fully saturated rings. The second kappa shape index (κ2) is 9.34.